The minimum absolute atomic E-state index is 0.296. The lowest BCUT2D eigenvalue weighted by Gasteiger charge is -2.00. The Bertz CT molecular complexity index is 684. The van der Waals surface area contributed by atoms with Crippen molar-refractivity contribution in [2.45, 2.75) is 6.92 Å². The van der Waals surface area contributed by atoms with E-state index in [1.165, 1.54) is 0 Å². The number of ether oxygens (including phenoxy) is 1. The molecule has 1 aliphatic rings. The van der Waals surface area contributed by atoms with Crippen LogP contribution in [0, 0.1) is 6.92 Å². The van der Waals surface area contributed by atoms with Crippen LogP contribution in [0.4, 0.5) is 0 Å². The summed E-state index contributed by atoms with van der Waals surface area (Å²) in [6.45, 7) is 1.99. The fourth-order valence-corrected chi connectivity index (χ4v) is 2.19. The molecule has 0 amide bonds. The molecule has 3 heteroatoms. The average Bonchev–Trinajstić information content (AvgIpc) is 2.69. The number of rotatable bonds is 1. The molecule has 0 saturated carbocycles. The van der Waals surface area contributed by atoms with Crippen LogP contribution < -0.4 is 0 Å². The van der Waals surface area contributed by atoms with Crippen LogP contribution in [0.1, 0.15) is 27.0 Å². The van der Waals surface area contributed by atoms with E-state index in [2.05, 4.69) is 0 Å². The van der Waals surface area contributed by atoms with Gasteiger partial charge in [-0.2, -0.15) is 0 Å². The predicted molar refractivity (Wildman–Crippen MR) is 75.9 cm³/mol. The molecule has 0 aliphatic carbocycles. The number of carbonyl (C=O) groups excluding carboxylic acids is 1. The van der Waals surface area contributed by atoms with Crippen LogP contribution in [-0.2, 0) is 4.74 Å². The highest BCUT2D eigenvalue weighted by Crippen LogP contribution is 2.32. The van der Waals surface area contributed by atoms with Gasteiger partial charge in [0.1, 0.15) is 5.76 Å². The van der Waals surface area contributed by atoms with Crippen LogP contribution in [0.2, 0.25) is 5.02 Å². The third kappa shape index (κ3) is 2.27. The Kier molecular flexibility index (Phi) is 2.88. The van der Waals surface area contributed by atoms with Crippen molar-refractivity contribution >= 4 is 29.4 Å². The van der Waals surface area contributed by atoms with Crippen LogP contribution in [-0.4, -0.2) is 5.97 Å². The first-order valence-electron chi connectivity index (χ1n) is 5.94. The zero-order valence-electron chi connectivity index (χ0n) is 10.3. The summed E-state index contributed by atoms with van der Waals surface area (Å²) in [4.78, 5) is 11.7. The minimum atomic E-state index is -0.296. The second-order valence-corrected chi connectivity index (χ2v) is 4.94. The highest BCUT2D eigenvalue weighted by Gasteiger charge is 2.26. The molecule has 0 N–H and O–H groups in total. The first-order valence-corrected chi connectivity index (χ1v) is 6.32. The summed E-state index contributed by atoms with van der Waals surface area (Å²) < 4.78 is 5.31. The van der Waals surface area contributed by atoms with Crippen molar-refractivity contribution in [2.75, 3.05) is 0 Å². The Morgan fingerprint density at radius 2 is 1.79 bits per heavy atom. The second kappa shape index (κ2) is 4.56. The summed E-state index contributed by atoms with van der Waals surface area (Å²) in [6.07, 6.45) is 1.85. The van der Waals surface area contributed by atoms with Crippen LogP contribution in [0.25, 0.3) is 11.8 Å². The maximum Gasteiger partial charge on any atom is 0.344 e. The molecule has 0 bridgehead atoms. The Morgan fingerprint density at radius 3 is 2.53 bits per heavy atom. The van der Waals surface area contributed by atoms with Crippen LogP contribution in [0.5, 0.6) is 0 Å². The molecule has 1 aliphatic heterocycles. The number of fused-ring (bicyclic) bond motifs is 1. The SMILES string of the molecule is Cc1ccc2c(c1)/C(=C/c1ccc(Cl)cc1)OC2=O. The molecule has 0 saturated heterocycles. The quantitative estimate of drug-likeness (QED) is 0.722. The summed E-state index contributed by atoms with van der Waals surface area (Å²) in [5.74, 6) is 0.293. The van der Waals surface area contributed by atoms with Gasteiger partial charge in [0, 0.05) is 10.6 Å². The van der Waals surface area contributed by atoms with E-state index in [4.69, 9.17) is 16.3 Å². The van der Waals surface area contributed by atoms with Gasteiger partial charge in [-0.05, 0) is 42.8 Å². The molecule has 2 aromatic rings. The Balaban J connectivity index is 2.06. The number of hydrogen-bond acceptors (Lipinski definition) is 2. The molecule has 3 rings (SSSR count). The van der Waals surface area contributed by atoms with Crippen LogP contribution in [0.3, 0.4) is 0 Å². The van der Waals surface area contributed by atoms with Crippen molar-refractivity contribution in [1.29, 1.82) is 0 Å². The number of halogens is 1. The number of carbonyl (C=O) groups is 1. The molecular formula is C16H11ClO2. The molecule has 2 aromatic carbocycles. The average molecular weight is 271 g/mol. The van der Waals surface area contributed by atoms with E-state index in [-0.39, 0.29) is 5.97 Å². The summed E-state index contributed by atoms with van der Waals surface area (Å²) in [6, 6.07) is 13.1. The summed E-state index contributed by atoms with van der Waals surface area (Å²) in [7, 11) is 0. The molecule has 0 unspecified atom stereocenters. The maximum atomic E-state index is 11.7. The normalized spacial score (nSPS) is 15.5. The van der Waals surface area contributed by atoms with E-state index in [1.54, 1.807) is 6.07 Å². The lowest BCUT2D eigenvalue weighted by molar-refractivity contribution is 0.0717. The van der Waals surface area contributed by atoms with Crippen molar-refractivity contribution in [3.63, 3.8) is 0 Å². The molecular weight excluding hydrogens is 260 g/mol. The molecule has 0 atom stereocenters. The van der Waals surface area contributed by atoms with Crippen molar-refractivity contribution in [3.05, 3.63) is 69.7 Å². The van der Waals surface area contributed by atoms with Gasteiger partial charge in [0.2, 0.25) is 0 Å². The van der Waals surface area contributed by atoms with Gasteiger partial charge in [-0.3, -0.25) is 0 Å². The molecule has 0 aromatic heterocycles. The fourth-order valence-electron chi connectivity index (χ4n) is 2.07. The van der Waals surface area contributed by atoms with Crippen LogP contribution >= 0.6 is 11.6 Å². The van der Waals surface area contributed by atoms with E-state index in [0.717, 1.165) is 16.7 Å². The van der Waals surface area contributed by atoms with Gasteiger partial charge in [-0.25, -0.2) is 4.79 Å². The number of benzene rings is 2. The van der Waals surface area contributed by atoms with Crippen molar-refractivity contribution < 1.29 is 9.53 Å². The summed E-state index contributed by atoms with van der Waals surface area (Å²) in [5.41, 5.74) is 3.51. The molecule has 0 spiro atoms. The third-order valence-electron chi connectivity index (χ3n) is 3.03. The van der Waals surface area contributed by atoms with Gasteiger partial charge >= 0.3 is 5.97 Å². The smallest absolute Gasteiger partial charge is 0.344 e. The topological polar surface area (TPSA) is 26.3 Å². The standard InChI is InChI=1S/C16H11ClO2/c1-10-2-7-13-14(8-10)15(19-16(13)18)9-11-3-5-12(17)6-4-11/h2-9H,1H3/b15-9-. The van der Waals surface area contributed by atoms with Crippen LogP contribution in [0.15, 0.2) is 42.5 Å². The Hall–Kier alpha value is -2.06. The molecule has 0 fully saturated rings. The van der Waals surface area contributed by atoms with E-state index in [0.29, 0.717) is 16.3 Å². The van der Waals surface area contributed by atoms with E-state index in [9.17, 15) is 4.79 Å². The number of esters is 1. The molecule has 94 valence electrons. The maximum absolute atomic E-state index is 11.7. The summed E-state index contributed by atoms with van der Waals surface area (Å²) >= 11 is 5.85. The summed E-state index contributed by atoms with van der Waals surface area (Å²) in [5, 5.41) is 0.682. The first kappa shape index (κ1) is 12.0. The lowest BCUT2D eigenvalue weighted by atomic mass is 10.0. The minimum Gasteiger partial charge on any atom is -0.422 e. The molecule has 1 heterocycles. The van der Waals surface area contributed by atoms with Gasteiger partial charge in [0.15, 0.2) is 0 Å². The van der Waals surface area contributed by atoms with Crippen molar-refractivity contribution in [3.8, 4) is 0 Å². The zero-order chi connectivity index (χ0) is 13.4. The number of cyclic esters (lactones) is 1. The highest BCUT2D eigenvalue weighted by atomic mass is 35.5. The van der Waals surface area contributed by atoms with Gasteiger partial charge in [0.25, 0.3) is 0 Å². The monoisotopic (exact) mass is 270 g/mol. The lowest BCUT2D eigenvalue weighted by Crippen LogP contribution is -1.92. The third-order valence-corrected chi connectivity index (χ3v) is 3.28. The van der Waals surface area contributed by atoms with Gasteiger partial charge in [0.05, 0.1) is 5.56 Å². The van der Waals surface area contributed by atoms with E-state index < -0.39 is 0 Å². The Morgan fingerprint density at radius 1 is 1.05 bits per heavy atom. The zero-order valence-corrected chi connectivity index (χ0v) is 11.1. The van der Waals surface area contributed by atoms with Crippen molar-refractivity contribution in [2.24, 2.45) is 0 Å². The number of hydrogen-bond donors (Lipinski definition) is 0. The molecule has 19 heavy (non-hydrogen) atoms. The van der Waals surface area contributed by atoms with Gasteiger partial charge < -0.3 is 4.74 Å². The number of aryl methyl sites for hydroxylation is 1. The van der Waals surface area contributed by atoms with Gasteiger partial charge in [-0.1, -0.05) is 35.4 Å². The Labute approximate surface area is 116 Å². The molecule has 0 radical (unpaired) electrons. The highest BCUT2D eigenvalue weighted by molar-refractivity contribution is 6.30. The van der Waals surface area contributed by atoms with Crippen molar-refractivity contribution in [1.82, 2.24) is 0 Å². The largest absolute Gasteiger partial charge is 0.422 e. The van der Waals surface area contributed by atoms with Gasteiger partial charge in [-0.15, -0.1) is 0 Å². The first-order chi connectivity index (χ1) is 9.13. The second-order valence-electron chi connectivity index (χ2n) is 4.50. The molecule has 2 nitrogen and oxygen atoms in total. The van der Waals surface area contributed by atoms with E-state index >= 15 is 0 Å². The fraction of sp³-hybridized carbons (Fsp3) is 0.0625. The predicted octanol–water partition coefficient (Wildman–Crippen LogP) is 4.32. The van der Waals surface area contributed by atoms with E-state index in [1.807, 2.05) is 49.4 Å².